The van der Waals surface area contributed by atoms with Gasteiger partial charge in [-0.15, -0.1) is 0 Å². The Hall–Kier alpha value is -1.60. The van der Waals surface area contributed by atoms with Gasteiger partial charge in [-0.3, -0.25) is 9.69 Å². The topological polar surface area (TPSA) is 66.6 Å². The maximum absolute atomic E-state index is 12.9. The molecular weight excluding hydrogens is 285 g/mol. The van der Waals surface area contributed by atoms with Crippen LogP contribution in [0.4, 0.5) is 13.2 Å². The average Bonchev–Trinajstić information content (AvgIpc) is 2.84. The molecule has 1 amide bonds. The Bertz CT molecular complexity index is 502. The number of carbonyl (C=O) groups excluding carboxylic acids is 1. The van der Waals surface area contributed by atoms with Gasteiger partial charge in [0.2, 0.25) is 5.91 Å². The lowest BCUT2D eigenvalue weighted by Gasteiger charge is -2.18. The highest BCUT2D eigenvalue weighted by atomic mass is 19.4. The Kier molecular flexibility index (Phi) is 4.53. The molecule has 0 bridgehead atoms. The molecular formula is C14H17F3N2O2. The second-order valence-corrected chi connectivity index (χ2v) is 5.33. The van der Waals surface area contributed by atoms with Gasteiger partial charge in [-0.25, -0.2) is 0 Å². The number of hydrogen-bond donors (Lipinski definition) is 2. The fraction of sp³-hybridized carbons (Fsp3) is 0.500. The van der Waals surface area contributed by atoms with Crippen LogP contribution in [0.1, 0.15) is 11.1 Å². The van der Waals surface area contributed by atoms with E-state index in [1.54, 1.807) is 29.2 Å². The van der Waals surface area contributed by atoms with Gasteiger partial charge in [0, 0.05) is 19.6 Å². The van der Waals surface area contributed by atoms with Gasteiger partial charge in [0.25, 0.3) is 0 Å². The molecule has 1 saturated heterocycles. The first-order chi connectivity index (χ1) is 9.81. The summed E-state index contributed by atoms with van der Waals surface area (Å²) in [7, 11) is 0. The smallest absolute Gasteiger partial charge is 0.392 e. The van der Waals surface area contributed by atoms with Crippen LogP contribution in [-0.4, -0.2) is 35.2 Å². The van der Waals surface area contributed by atoms with Crippen molar-refractivity contribution in [3.8, 4) is 0 Å². The Morgan fingerprint density at radius 1 is 1.24 bits per heavy atom. The summed E-state index contributed by atoms with van der Waals surface area (Å²) in [6.07, 6.45) is -4.42. The summed E-state index contributed by atoms with van der Waals surface area (Å²) in [5.41, 5.74) is 6.66. The standard InChI is InChI=1S/C14H17F3N2O2/c15-14(16,17)12-7-19(6-11(12)13(18)21)5-9-1-3-10(8-20)4-2-9/h1-4,11-12,20H,5-8H2,(H2,18,21)/t11-,12-/m1/s1. The van der Waals surface area contributed by atoms with Gasteiger partial charge < -0.3 is 10.8 Å². The van der Waals surface area contributed by atoms with Crippen molar-refractivity contribution in [2.24, 2.45) is 17.6 Å². The van der Waals surface area contributed by atoms with Gasteiger partial charge in [0.1, 0.15) is 0 Å². The minimum absolute atomic E-state index is 0.0151. The zero-order valence-corrected chi connectivity index (χ0v) is 11.3. The highest BCUT2D eigenvalue weighted by Crippen LogP contribution is 2.37. The number of benzene rings is 1. The summed E-state index contributed by atoms with van der Waals surface area (Å²) in [5.74, 6) is -3.80. The Labute approximate surface area is 120 Å². The van der Waals surface area contributed by atoms with Crippen molar-refractivity contribution in [2.75, 3.05) is 13.1 Å². The van der Waals surface area contributed by atoms with Gasteiger partial charge in [0.05, 0.1) is 18.4 Å². The molecule has 116 valence electrons. The molecule has 0 aromatic heterocycles. The number of primary amides is 1. The van der Waals surface area contributed by atoms with E-state index in [2.05, 4.69) is 0 Å². The molecule has 1 aromatic carbocycles. The number of nitrogens with two attached hydrogens (primary N) is 1. The van der Waals surface area contributed by atoms with Crippen molar-refractivity contribution < 1.29 is 23.1 Å². The van der Waals surface area contributed by atoms with Crippen molar-refractivity contribution in [1.82, 2.24) is 4.90 Å². The molecule has 7 heteroatoms. The number of carbonyl (C=O) groups is 1. The summed E-state index contributed by atoms with van der Waals surface area (Å²) in [6, 6.07) is 6.95. The molecule has 0 aliphatic carbocycles. The predicted octanol–water partition coefficient (Wildman–Crippen LogP) is 1.27. The number of hydrogen-bond acceptors (Lipinski definition) is 3. The third-order valence-electron chi connectivity index (χ3n) is 3.79. The quantitative estimate of drug-likeness (QED) is 0.880. The molecule has 0 spiro atoms. The summed E-state index contributed by atoms with van der Waals surface area (Å²) in [4.78, 5) is 12.8. The van der Waals surface area contributed by atoms with Crippen LogP contribution in [0.5, 0.6) is 0 Å². The Morgan fingerprint density at radius 2 is 1.81 bits per heavy atom. The van der Waals surface area contributed by atoms with E-state index in [0.717, 1.165) is 11.1 Å². The van der Waals surface area contributed by atoms with Crippen molar-refractivity contribution >= 4 is 5.91 Å². The predicted molar refractivity (Wildman–Crippen MR) is 69.9 cm³/mol. The maximum Gasteiger partial charge on any atom is 0.393 e. The molecule has 0 saturated carbocycles. The fourth-order valence-electron chi connectivity index (χ4n) is 2.64. The van der Waals surface area contributed by atoms with Crippen molar-refractivity contribution in [3.05, 3.63) is 35.4 Å². The van der Waals surface area contributed by atoms with E-state index in [1.165, 1.54) is 0 Å². The van der Waals surface area contributed by atoms with Crippen molar-refractivity contribution in [1.29, 1.82) is 0 Å². The highest BCUT2D eigenvalue weighted by Gasteiger charge is 2.51. The van der Waals surface area contributed by atoms with Crippen LogP contribution in [0.25, 0.3) is 0 Å². The zero-order chi connectivity index (χ0) is 15.6. The van der Waals surface area contributed by atoms with E-state index < -0.39 is 23.9 Å². The van der Waals surface area contributed by atoms with E-state index in [-0.39, 0.29) is 19.7 Å². The van der Waals surface area contributed by atoms with Crippen LogP contribution < -0.4 is 5.73 Å². The minimum atomic E-state index is -4.42. The van der Waals surface area contributed by atoms with Crippen LogP contribution in [-0.2, 0) is 17.9 Å². The third-order valence-corrected chi connectivity index (χ3v) is 3.79. The number of amides is 1. The van der Waals surface area contributed by atoms with E-state index in [0.29, 0.717) is 6.54 Å². The molecule has 2 rings (SSSR count). The van der Waals surface area contributed by atoms with Crippen LogP contribution in [0.3, 0.4) is 0 Å². The lowest BCUT2D eigenvalue weighted by molar-refractivity contribution is -0.182. The number of nitrogens with zero attached hydrogens (tertiary/aromatic N) is 1. The lowest BCUT2D eigenvalue weighted by Crippen LogP contribution is -2.37. The normalized spacial score (nSPS) is 23.4. The molecule has 3 N–H and O–H groups in total. The van der Waals surface area contributed by atoms with Gasteiger partial charge in [-0.2, -0.15) is 13.2 Å². The first-order valence-electron chi connectivity index (χ1n) is 6.58. The van der Waals surface area contributed by atoms with Crippen molar-refractivity contribution in [3.63, 3.8) is 0 Å². The van der Waals surface area contributed by atoms with E-state index in [1.807, 2.05) is 0 Å². The first kappa shape index (κ1) is 15.8. The van der Waals surface area contributed by atoms with E-state index in [4.69, 9.17) is 10.8 Å². The molecule has 1 aliphatic rings. The largest absolute Gasteiger partial charge is 0.393 e. The van der Waals surface area contributed by atoms with Crippen LogP contribution in [0.15, 0.2) is 24.3 Å². The minimum Gasteiger partial charge on any atom is -0.392 e. The van der Waals surface area contributed by atoms with Crippen molar-refractivity contribution in [2.45, 2.75) is 19.3 Å². The molecule has 0 unspecified atom stereocenters. The second-order valence-electron chi connectivity index (χ2n) is 5.33. The molecule has 1 fully saturated rings. The Morgan fingerprint density at radius 3 is 2.24 bits per heavy atom. The molecule has 1 aromatic rings. The molecule has 1 aliphatic heterocycles. The molecule has 4 nitrogen and oxygen atoms in total. The second kappa shape index (κ2) is 6.03. The van der Waals surface area contributed by atoms with Crippen LogP contribution >= 0.6 is 0 Å². The maximum atomic E-state index is 12.9. The summed E-state index contributed by atoms with van der Waals surface area (Å²) in [6.45, 7) is 0.0338. The van der Waals surface area contributed by atoms with Crippen LogP contribution in [0, 0.1) is 11.8 Å². The average molecular weight is 302 g/mol. The fourth-order valence-corrected chi connectivity index (χ4v) is 2.64. The number of halogens is 3. The molecule has 0 radical (unpaired) electrons. The van der Waals surface area contributed by atoms with Gasteiger partial charge in [-0.1, -0.05) is 24.3 Å². The zero-order valence-electron chi connectivity index (χ0n) is 11.3. The van der Waals surface area contributed by atoms with E-state index in [9.17, 15) is 18.0 Å². The third kappa shape index (κ3) is 3.74. The van der Waals surface area contributed by atoms with Gasteiger partial charge >= 0.3 is 6.18 Å². The number of rotatable bonds is 4. The first-order valence-corrected chi connectivity index (χ1v) is 6.58. The summed E-state index contributed by atoms with van der Waals surface area (Å²) in [5, 5.41) is 8.95. The highest BCUT2D eigenvalue weighted by molar-refractivity contribution is 5.77. The molecule has 2 atom stereocenters. The molecule has 1 heterocycles. The number of aliphatic hydroxyl groups excluding tert-OH is 1. The van der Waals surface area contributed by atoms with Gasteiger partial charge in [0.15, 0.2) is 0 Å². The van der Waals surface area contributed by atoms with E-state index >= 15 is 0 Å². The molecule has 21 heavy (non-hydrogen) atoms. The Balaban J connectivity index is 2.06. The number of aliphatic hydroxyl groups is 1. The summed E-state index contributed by atoms with van der Waals surface area (Å²) >= 11 is 0. The van der Waals surface area contributed by atoms with Gasteiger partial charge in [-0.05, 0) is 11.1 Å². The number of likely N-dealkylation sites (tertiary alicyclic amines) is 1. The number of alkyl halides is 3. The SMILES string of the molecule is NC(=O)[C@@H]1CN(Cc2ccc(CO)cc2)C[C@H]1C(F)(F)F. The monoisotopic (exact) mass is 302 g/mol. The van der Waals surface area contributed by atoms with Crippen LogP contribution in [0.2, 0.25) is 0 Å². The lowest BCUT2D eigenvalue weighted by atomic mass is 9.95. The summed E-state index contributed by atoms with van der Waals surface area (Å²) < 4.78 is 38.8.